The highest BCUT2D eigenvalue weighted by atomic mass is 16.5. The van der Waals surface area contributed by atoms with Crippen LogP contribution in [0, 0.1) is 13.8 Å². The lowest BCUT2D eigenvalue weighted by Gasteiger charge is -2.29. The number of hydrogen-bond donors (Lipinski definition) is 2. The lowest BCUT2D eigenvalue weighted by molar-refractivity contribution is -0.113. The molecule has 1 aliphatic heterocycles. The lowest BCUT2D eigenvalue weighted by Crippen LogP contribution is -2.31. The summed E-state index contributed by atoms with van der Waals surface area (Å²) in [6, 6.07) is 18.4. The van der Waals surface area contributed by atoms with E-state index < -0.39 is 6.04 Å². The Bertz CT molecular complexity index is 1590. The van der Waals surface area contributed by atoms with Gasteiger partial charge in [0.15, 0.2) is 17.3 Å². The van der Waals surface area contributed by atoms with Gasteiger partial charge in [-0.2, -0.15) is 4.98 Å². The monoisotopic (exact) mass is 525 g/mol. The first-order valence-electron chi connectivity index (χ1n) is 12.5. The van der Waals surface area contributed by atoms with Gasteiger partial charge in [0.25, 0.3) is 5.91 Å². The molecule has 200 valence electrons. The van der Waals surface area contributed by atoms with E-state index in [-0.39, 0.29) is 5.91 Å². The lowest BCUT2D eigenvalue weighted by atomic mass is 9.94. The average Bonchev–Trinajstić information content (AvgIpc) is 3.37. The third-order valence-corrected chi connectivity index (χ3v) is 6.94. The van der Waals surface area contributed by atoms with Gasteiger partial charge in [-0.25, -0.2) is 4.68 Å². The third-order valence-electron chi connectivity index (χ3n) is 6.94. The van der Waals surface area contributed by atoms with Gasteiger partial charge in [-0.1, -0.05) is 30.3 Å². The summed E-state index contributed by atoms with van der Waals surface area (Å²) < 4.78 is 18.2. The largest absolute Gasteiger partial charge is 0.495 e. The van der Waals surface area contributed by atoms with Crippen LogP contribution in [0.5, 0.6) is 17.2 Å². The number of fused-ring (bicyclic) bond motifs is 1. The number of hydrogen-bond acceptors (Lipinski definition) is 7. The summed E-state index contributed by atoms with van der Waals surface area (Å²) in [5, 5.41) is 11.2. The molecule has 1 atom stereocenters. The SMILES string of the molecule is COc1ccccc1NC(=O)C1=C(C)Nc2nc(-c3ccc(C)c(C)c3)nn2C1c1ccc(OC)c(OC)c1. The van der Waals surface area contributed by atoms with Crippen LogP contribution in [0.4, 0.5) is 11.6 Å². The van der Waals surface area contributed by atoms with Gasteiger partial charge in [0, 0.05) is 11.3 Å². The van der Waals surface area contributed by atoms with Gasteiger partial charge < -0.3 is 24.8 Å². The van der Waals surface area contributed by atoms with Gasteiger partial charge in [-0.15, -0.1) is 5.10 Å². The second-order valence-corrected chi connectivity index (χ2v) is 9.34. The number of para-hydroxylation sites is 2. The Morgan fingerprint density at radius 3 is 2.33 bits per heavy atom. The maximum Gasteiger partial charge on any atom is 0.255 e. The van der Waals surface area contributed by atoms with Gasteiger partial charge >= 0.3 is 0 Å². The smallest absolute Gasteiger partial charge is 0.255 e. The molecular formula is C30H31N5O4. The number of carbonyl (C=O) groups is 1. The van der Waals surface area contributed by atoms with Crippen LogP contribution in [0.1, 0.15) is 29.7 Å². The highest BCUT2D eigenvalue weighted by molar-refractivity contribution is 6.06. The Labute approximate surface area is 227 Å². The molecule has 0 aliphatic carbocycles. The number of carbonyl (C=O) groups excluding carboxylic acids is 1. The van der Waals surface area contributed by atoms with Crippen LogP contribution in [0.25, 0.3) is 11.4 Å². The van der Waals surface area contributed by atoms with Crippen LogP contribution >= 0.6 is 0 Å². The second kappa shape index (κ2) is 10.5. The van der Waals surface area contributed by atoms with Crippen LogP contribution in [0.3, 0.4) is 0 Å². The van der Waals surface area contributed by atoms with Crippen LogP contribution in [-0.2, 0) is 4.79 Å². The fourth-order valence-electron chi connectivity index (χ4n) is 4.72. The van der Waals surface area contributed by atoms with Crippen molar-refractivity contribution in [3.05, 3.63) is 88.6 Å². The number of aryl methyl sites for hydroxylation is 2. The van der Waals surface area contributed by atoms with Gasteiger partial charge in [0.05, 0.1) is 32.6 Å². The molecule has 2 heterocycles. The van der Waals surface area contributed by atoms with E-state index in [1.54, 1.807) is 38.1 Å². The zero-order valence-electron chi connectivity index (χ0n) is 22.8. The van der Waals surface area contributed by atoms with Crippen molar-refractivity contribution >= 4 is 17.5 Å². The molecule has 0 fully saturated rings. The maximum absolute atomic E-state index is 13.9. The standard InChI is InChI=1S/C30H31N5O4/c1-17-11-12-21(15-18(17)2)28-33-30-31-19(3)26(29(36)32-22-9-7-8-10-23(22)37-4)27(35(30)34-28)20-13-14-24(38-5)25(16-20)39-6/h7-16,27H,1-6H3,(H,32,36)(H,31,33,34). The molecule has 9 heteroatoms. The van der Waals surface area contributed by atoms with Gasteiger partial charge in [-0.05, 0) is 67.8 Å². The van der Waals surface area contributed by atoms with Crippen molar-refractivity contribution in [2.45, 2.75) is 26.8 Å². The van der Waals surface area contributed by atoms with Gasteiger partial charge in [0.1, 0.15) is 11.8 Å². The fourth-order valence-corrected chi connectivity index (χ4v) is 4.72. The molecule has 4 aromatic rings. The van der Waals surface area contributed by atoms with Crippen molar-refractivity contribution in [1.29, 1.82) is 0 Å². The van der Waals surface area contributed by atoms with Crippen LogP contribution in [-0.4, -0.2) is 42.0 Å². The first kappa shape index (κ1) is 25.8. The Morgan fingerprint density at radius 2 is 1.62 bits per heavy atom. The molecular weight excluding hydrogens is 494 g/mol. The molecule has 0 radical (unpaired) electrons. The van der Waals surface area contributed by atoms with E-state index in [0.29, 0.717) is 46.0 Å². The summed E-state index contributed by atoms with van der Waals surface area (Å²) in [5.74, 6) is 2.50. The summed E-state index contributed by atoms with van der Waals surface area (Å²) in [6.45, 7) is 5.99. The van der Waals surface area contributed by atoms with Crippen molar-refractivity contribution in [1.82, 2.24) is 14.8 Å². The molecule has 1 aromatic heterocycles. The molecule has 5 rings (SSSR count). The van der Waals surface area contributed by atoms with E-state index in [4.69, 9.17) is 24.3 Å². The molecule has 2 N–H and O–H groups in total. The zero-order chi connectivity index (χ0) is 27.7. The predicted molar refractivity (Wildman–Crippen MR) is 151 cm³/mol. The molecule has 3 aromatic carbocycles. The number of aromatic nitrogens is 3. The number of rotatable bonds is 7. The topological polar surface area (TPSA) is 99.5 Å². The minimum atomic E-state index is -0.594. The average molecular weight is 526 g/mol. The van der Waals surface area contributed by atoms with Crippen molar-refractivity contribution in [3.63, 3.8) is 0 Å². The Hall–Kier alpha value is -4.79. The highest BCUT2D eigenvalue weighted by Gasteiger charge is 2.35. The first-order valence-corrected chi connectivity index (χ1v) is 12.5. The zero-order valence-corrected chi connectivity index (χ0v) is 22.8. The Morgan fingerprint density at radius 1 is 0.872 bits per heavy atom. The third kappa shape index (κ3) is 4.79. The van der Waals surface area contributed by atoms with Crippen molar-refractivity contribution in [2.75, 3.05) is 32.0 Å². The van der Waals surface area contributed by atoms with E-state index in [9.17, 15) is 4.79 Å². The second-order valence-electron chi connectivity index (χ2n) is 9.34. The normalized spacial score (nSPS) is 14.4. The number of allylic oxidation sites excluding steroid dienone is 1. The Balaban J connectivity index is 1.64. The van der Waals surface area contributed by atoms with E-state index in [1.165, 1.54) is 5.56 Å². The molecule has 39 heavy (non-hydrogen) atoms. The first-order chi connectivity index (χ1) is 18.8. The summed E-state index contributed by atoms with van der Waals surface area (Å²) >= 11 is 0. The van der Waals surface area contributed by atoms with Gasteiger partial charge in [-0.3, -0.25) is 4.79 Å². The van der Waals surface area contributed by atoms with E-state index in [1.807, 2.05) is 43.3 Å². The van der Waals surface area contributed by atoms with Gasteiger partial charge in [0.2, 0.25) is 5.95 Å². The van der Waals surface area contributed by atoms with Crippen molar-refractivity contribution in [3.8, 4) is 28.6 Å². The number of benzene rings is 3. The number of nitrogens with one attached hydrogen (secondary N) is 2. The molecule has 1 unspecified atom stereocenters. The van der Waals surface area contributed by atoms with E-state index in [2.05, 4.69) is 36.6 Å². The minimum Gasteiger partial charge on any atom is -0.495 e. The van der Waals surface area contributed by atoms with E-state index >= 15 is 0 Å². The van der Waals surface area contributed by atoms with Crippen molar-refractivity contribution in [2.24, 2.45) is 0 Å². The van der Waals surface area contributed by atoms with Crippen LogP contribution in [0.15, 0.2) is 71.9 Å². The molecule has 0 saturated carbocycles. The molecule has 0 saturated heterocycles. The van der Waals surface area contributed by atoms with Crippen molar-refractivity contribution < 1.29 is 19.0 Å². The summed E-state index contributed by atoms with van der Waals surface area (Å²) in [5.41, 5.74) is 5.73. The van der Waals surface area contributed by atoms with E-state index in [0.717, 1.165) is 16.7 Å². The minimum absolute atomic E-state index is 0.293. The molecule has 1 aliphatic rings. The Kier molecular flexibility index (Phi) is 6.98. The molecule has 0 bridgehead atoms. The number of anilines is 2. The number of nitrogens with zero attached hydrogens (tertiary/aromatic N) is 3. The number of methoxy groups -OCH3 is 3. The fraction of sp³-hybridized carbons (Fsp3) is 0.233. The summed E-state index contributed by atoms with van der Waals surface area (Å²) in [4.78, 5) is 18.7. The quantitative estimate of drug-likeness (QED) is 0.328. The molecule has 9 nitrogen and oxygen atoms in total. The predicted octanol–water partition coefficient (Wildman–Crippen LogP) is 5.52. The van der Waals surface area contributed by atoms with Crippen LogP contribution in [0.2, 0.25) is 0 Å². The number of amides is 1. The highest BCUT2D eigenvalue weighted by Crippen LogP contribution is 2.40. The summed E-state index contributed by atoms with van der Waals surface area (Å²) in [6.07, 6.45) is 0. The number of ether oxygens (including phenoxy) is 3. The molecule has 0 spiro atoms. The maximum atomic E-state index is 13.9. The summed E-state index contributed by atoms with van der Waals surface area (Å²) in [7, 11) is 4.74. The van der Waals surface area contributed by atoms with Crippen LogP contribution < -0.4 is 24.8 Å². The molecule has 1 amide bonds.